The van der Waals surface area contributed by atoms with Gasteiger partial charge in [-0.25, -0.2) is 0 Å². The predicted octanol–water partition coefficient (Wildman–Crippen LogP) is 4.52. The zero-order valence-corrected chi connectivity index (χ0v) is 11.1. The summed E-state index contributed by atoms with van der Waals surface area (Å²) >= 11 is 0. The quantitative estimate of drug-likeness (QED) is 0.703. The minimum absolute atomic E-state index is 0.152. The van der Waals surface area contributed by atoms with Gasteiger partial charge in [0.25, 0.3) is 0 Å². The van der Waals surface area contributed by atoms with E-state index >= 15 is 0 Å². The number of rotatable bonds is 3. The van der Waals surface area contributed by atoms with Crippen LogP contribution < -0.4 is 0 Å². The Morgan fingerprint density at radius 3 is 2.45 bits per heavy atom. The van der Waals surface area contributed by atoms with E-state index in [9.17, 15) is 5.11 Å². The first kappa shape index (κ1) is 12.4. The maximum Gasteiger partial charge on any atom is 0.0895 e. The number of fused-ring (bicyclic) bond motifs is 1. The van der Waals surface area contributed by atoms with Crippen molar-refractivity contribution in [3.8, 4) is 11.1 Å². The van der Waals surface area contributed by atoms with Gasteiger partial charge in [0, 0.05) is 18.0 Å². The maximum absolute atomic E-state index is 9.53. The number of allylic oxidation sites excluding steroid dienone is 1. The zero-order chi connectivity index (χ0) is 13.9. The van der Waals surface area contributed by atoms with Gasteiger partial charge in [-0.05, 0) is 22.8 Å². The van der Waals surface area contributed by atoms with E-state index in [0.717, 1.165) is 27.6 Å². The van der Waals surface area contributed by atoms with E-state index in [1.165, 1.54) is 0 Å². The van der Waals surface area contributed by atoms with Crippen molar-refractivity contribution in [3.63, 3.8) is 0 Å². The molecular formula is C18H15NO. The average Bonchev–Trinajstić information content (AvgIpc) is 2.47. The Balaban J connectivity index is 2.31. The molecule has 3 aromatic rings. The van der Waals surface area contributed by atoms with E-state index in [4.69, 9.17) is 0 Å². The van der Waals surface area contributed by atoms with Crippen molar-refractivity contribution in [2.75, 3.05) is 0 Å². The van der Waals surface area contributed by atoms with Gasteiger partial charge in [-0.2, -0.15) is 0 Å². The molecule has 3 rings (SSSR count). The van der Waals surface area contributed by atoms with Gasteiger partial charge >= 0.3 is 0 Å². The highest BCUT2D eigenvalue weighted by Gasteiger charge is 2.11. The third-order valence-electron chi connectivity index (χ3n) is 3.31. The van der Waals surface area contributed by atoms with Gasteiger partial charge < -0.3 is 5.11 Å². The number of hydrogen-bond acceptors (Lipinski definition) is 2. The molecule has 1 N–H and O–H groups in total. The molecule has 0 atom stereocenters. The lowest BCUT2D eigenvalue weighted by molar-refractivity contribution is 0.401. The van der Waals surface area contributed by atoms with E-state index in [1.807, 2.05) is 42.6 Å². The summed E-state index contributed by atoms with van der Waals surface area (Å²) in [5.74, 6) is 0.152. The van der Waals surface area contributed by atoms with Gasteiger partial charge in [0.15, 0.2) is 0 Å². The number of benzene rings is 2. The number of para-hydroxylation sites is 1. The molecule has 0 unspecified atom stereocenters. The van der Waals surface area contributed by atoms with Gasteiger partial charge in [-0.3, -0.25) is 4.98 Å². The van der Waals surface area contributed by atoms with Gasteiger partial charge in [0.1, 0.15) is 0 Å². The van der Waals surface area contributed by atoms with Gasteiger partial charge in [-0.15, -0.1) is 0 Å². The molecule has 0 aliphatic rings. The second-order valence-corrected chi connectivity index (χ2v) is 4.78. The zero-order valence-electron chi connectivity index (χ0n) is 11.1. The summed E-state index contributed by atoms with van der Waals surface area (Å²) in [4.78, 5) is 4.47. The van der Waals surface area contributed by atoms with Gasteiger partial charge in [-0.1, -0.05) is 55.1 Å². The van der Waals surface area contributed by atoms with Gasteiger partial charge in [0.05, 0.1) is 11.3 Å². The molecule has 1 heterocycles. The summed E-state index contributed by atoms with van der Waals surface area (Å²) in [6.07, 6.45) is 2.24. The molecule has 20 heavy (non-hydrogen) atoms. The highest BCUT2D eigenvalue weighted by molar-refractivity contribution is 5.96. The monoisotopic (exact) mass is 261 g/mol. The molecule has 0 bridgehead atoms. The van der Waals surface area contributed by atoms with Crippen LogP contribution in [0.2, 0.25) is 0 Å². The van der Waals surface area contributed by atoms with Crippen molar-refractivity contribution in [3.05, 3.63) is 78.7 Å². The smallest absolute Gasteiger partial charge is 0.0895 e. The SMILES string of the molecule is C=C(O)Cc1cnc2ccccc2c1-c1ccccc1. The lowest BCUT2D eigenvalue weighted by atomic mass is 9.95. The Morgan fingerprint density at radius 2 is 1.70 bits per heavy atom. The number of hydrogen-bond donors (Lipinski definition) is 1. The number of pyridine rings is 1. The maximum atomic E-state index is 9.53. The summed E-state index contributed by atoms with van der Waals surface area (Å²) in [6.45, 7) is 3.59. The molecule has 0 aliphatic heterocycles. The van der Waals surface area contributed by atoms with Crippen LogP contribution in [0, 0.1) is 0 Å². The Hall–Kier alpha value is -2.61. The second kappa shape index (κ2) is 5.17. The van der Waals surface area contributed by atoms with Crippen LogP contribution in [0.15, 0.2) is 73.1 Å². The Bertz CT molecular complexity index is 763. The molecule has 0 radical (unpaired) electrons. The first-order chi connectivity index (χ1) is 9.75. The van der Waals surface area contributed by atoms with Crippen LogP contribution in [0.1, 0.15) is 5.56 Å². The molecule has 0 fully saturated rings. The number of nitrogens with zero attached hydrogens (tertiary/aromatic N) is 1. The molecule has 2 aromatic carbocycles. The third-order valence-corrected chi connectivity index (χ3v) is 3.31. The molecule has 2 nitrogen and oxygen atoms in total. The number of aliphatic hydroxyl groups is 1. The van der Waals surface area contributed by atoms with Gasteiger partial charge in [0.2, 0.25) is 0 Å². The Labute approximate surface area is 118 Å². The van der Waals surface area contributed by atoms with Crippen molar-refractivity contribution in [1.29, 1.82) is 0 Å². The minimum atomic E-state index is 0.152. The Kier molecular flexibility index (Phi) is 3.21. The van der Waals surface area contributed by atoms with Crippen LogP contribution >= 0.6 is 0 Å². The highest BCUT2D eigenvalue weighted by atomic mass is 16.3. The molecule has 0 spiro atoms. The third kappa shape index (κ3) is 2.28. The van der Waals surface area contributed by atoms with Crippen LogP contribution in [0.5, 0.6) is 0 Å². The highest BCUT2D eigenvalue weighted by Crippen LogP contribution is 2.31. The largest absolute Gasteiger partial charge is 0.513 e. The topological polar surface area (TPSA) is 33.1 Å². The van der Waals surface area contributed by atoms with Crippen LogP contribution in [0.3, 0.4) is 0 Å². The summed E-state index contributed by atoms with van der Waals surface area (Å²) in [7, 11) is 0. The second-order valence-electron chi connectivity index (χ2n) is 4.78. The van der Waals surface area contributed by atoms with E-state index in [-0.39, 0.29) is 5.76 Å². The standard InChI is InChI=1S/C18H15NO/c1-13(20)11-15-12-19-17-10-6-5-9-16(17)18(15)14-7-3-2-4-8-14/h2-10,12,20H,1,11H2. The van der Waals surface area contributed by atoms with Crippen molar-refractivity contribution in [2.45, 2.75) is 6.42 Å². The molecule has 0 aliphatic carbocycles. The van der Waals surface area contributed by atoms with Crippen LogP contribution in [0.25, 0.3) is 22.0 Å². The van der Waals surface area contributed by atoms with Crippen LogP contribution in [0.4, 0.5) is 0 Å². The number of aliphatic hydroxyl groups excluding tert-OH is 1. The first-order valence-corrected chi connectivity index (χ1v) is 6.54. The lowest BCUT2D eigenvalue weighted by Crippen LogP contribution is -1.96. The molecule has 0 amide bonds. The van der Waals surface area contributed by atoms with Crippen molar-refractivity contribution < 1.29 is 5.11 Å². The van der Waals surface area contributed by atoms with E-state index < -0.39 is 0 Å². The van der Waals surface area contributed by atoms with Crippen molar-refractivity contribution in [2.24, 2.45) is 0 Å². The summed E-state index contributed by atoms with van der Waals surface area (Å²) in [5, 5.41) is 10.6. The Morgan fingerprint density at radius 1 is 1.00 bits per heavy atom. The van der Waals surface area contributed by atoms with E-state index in [2.05, 4.69) is 29.8 Å². The normalized spacial score (nSPS) is 10.6. The molecule has 2 heteroatoms. The summed E-state index contributed by atoms with van der Waals surface area (Å²) in [5.41, 5.74) is 4.19. The minimum Gasteiger partial charge on any atom is -0.513 e. The summed E-state index contributed by atoms with van der Waals surface area (Å²) < 4.78 is 0. The van der Waals surface area contributed by atoms with Crippen LogP contribution in [-0.4, -0.2) is 10.1 Å². The lowest BCUT2D eigenvalue weighted by Gasteiger charge is -2.12. The molecule has 0 saturated heterocycles. The average molecular weight is 261 g/mol. The van der Waals surface area contributed by atoms with E-state index in [0.29, 0.717) is 6.42 Å². The summed E-state index contributed by atoms with van der Waals surface area (Å²) in [6, 6.07) is 18.2. The number of aromatic nitrogens is 1. The fourth-order valence-electron chi connectivity index (χ4n) is 2.48. The molecular weight excluding hydrogens is 246 g/mol. The van der Waals surface area contributed by atoms with Crippen molar-refractivity contribution in [1.82, 2.24) is 4.98 Å². The first-order valence-electron chi connectivity index (χ1n) is 6.54. The fraction of sp³-hybridized carbons (Fsp3) is 0.0556. The molecule has 98 valence electrons. The fourth-order valence-corrected chi connectivity index (χ4v) is 2.48. The molecule has 0 saturated carbocycles. The van der Waals surface area contributed by atoms with Crippen LogP contribution in [-0.2, 0) is 6.42 Å². The van der Waals surface area contributed by atoms with E-state index in [1.54, 1.807) is 0 Å². The molecule has 1 aromatic heterocycles. The van der Waals surface area contributed by atoms with Crippen molar-refractivity contribution >= 4 is 10.9 Å². The predicted molar refractivity (Wildman–Crippen MR) is 82.7 cm³/mol.